The van der Waals surface area contributed by atoms with Crippen LogP contribution in [0.4, 0.5) is 0 Å². The number of ether oxygens (including phenoxy) is 2. The number of carbonyl (C=O) groups is 2. The van der Waals surface area contributed by atoms with E-state index in [9.17, 15) is 18.0 Å². The van der Waals surface area contributed by atoms with Gasteiger partial charge in [0.05, 0.1) is 11.5 Å². The summed E-state index contributed by atoms with van der Waals surface area (Å²) in [7, 11) is -3.16. The van der Waals surface area contributed by atoms with Gasteiger partial charge in [-0.05, 0) is 38.0 Å². The lowest BCUT2D eigenvalue weighted by atomic mass is 10.1. The normalized spacial score (nSPS) is 17.8. The second-order valence-corrected chi connectivity index (χ2v) is 10.7. The maximum Gasteiger partial charge on any atom is 0.342 e. The van der Waals surface area contributed by atoms with Crippen molar-refractivity contribution in [1.82, 2.24) is 4.90 Å². The molecule has 178 valence electrons. The number of nitrogens with zero attached hydrogens (tertiary/aromatic N) is 1. The zero-order valence-electron chi connectivity index (χ0n) is 18.7. The van der Waals surface area contributed by atoms with Crippen LogP contribution in [-0.4, -0.2) is 55.4 Å². The average molecular weight is 494 g/mol. The molecule has 0 aromatic heterocycles. The molecule has 1 amide bonds. The van der Waals surface area contributed by atoms with Crippen molar-refractivity contribution in [2.24, 2.45) is 0 Å². The predicted molar refractivity (Wildman–Crippen MR) is 126 cm³/mol. The van der Waals surface area contributed by atoms with Gasteiger partial charge in [-0.1, -0.05) is 48.9 Å². The van der Waals surface area contributed by atoms with Crippen LogP contribution in [0.25, 0.3) is 0 Å². The molecule has 1 aliphatic rings. The molecule has 1 heterocycles. The maximum atomic E-state index is 12.9. The van der Waals surface area contributed by atoms with Crippen molar-refractivity contribution < 1.29 is 27.5 Å². The third-order valence-electron chi connectivity index (χ3n) is 5.73. The van der Waals surface area contributed by atoms with E-state index in [2.05, 4.69) is 0 Å². The summed E-state index contributed by atoms with van der Waals surface area (Å²) in [5.74, 6) is -0.783. The Morgan fingerprint density at radius 2 is 1.85 bits per heavy atom. The van der Waals surface area contributed by atoms with Gasteiger partial charge in [-0.15, -0.1) is 0 Å². The van der Waals surface area contributed by atoms with Gasteiger partial charge in [0, 0.05) is 22.7 Å². The van der Waals surface area contributed by atoms with Crippen molar-refractivity contribution in [3.63, 3.8) is 0 Å². The topological polar surface area (TPSA) is 90.0 Å². The molecule has 33 heavy (non-hydrogen) atoms. The van der Waals surface area contributed by atoms with Gasteiger partial charge in [-0.2, -0.15) is 0 Å². The Morgan fingerprint density at radius 3 is 2.52 bits per heavy atom. The van der Waals surface area contributed by atoms with Crippen LogP contribution in [0.2, 0.25) is 5.02 Å². The van der Waals surface area contributed by atoms with E-state index in [1.807, 2.05) is 32.0 Å². The van der Waals surface area contributed by atoms with E-state index >= 15 is 0 Å². The summed E-state index contributed by atoms with van der Waals surface area (Å²) in [6.45, 7) is 3.48. The van der Waals surface area contributed by atoms with Crippen LogP contribution in [0.3, 0.4) is 0 Å². The van der Waals surface area contributed by atoms with Crippen LogP contribution in [0, 0.1) is 0 Å². The van der Waals surface area contributed by atoms with E-state index in [0.717, 1.165) is 5.56 Å². The summed E-state index contributed by atoms with van der Waals surface area (Å²) >= 11 is 6.16. The summed E-state index contributed by atoms with van der Waals surface area (Å²) < 4.78 is 34.9. The van der Waals surface area contributed by atoms with Crippen molar-refractivity contribution in [2.45, 2.75) is 45.4 Å². The minimum Gasteiger partial charge on any atom is -0.488 e. The van der Waals surface area contributed by atoms with Crippen LogP contribution in [0.1, 0.15) is 42.6 Å². The number of para-hydroxylation sites is 1. The van der Waals surface area contributed by atoms with Gasteiger partial charge in [0.15, 0.2) is 16.4 Å². The molecule has 2 atom stereocenters. The molecule has 9 heteroatoms. The van der Waals surface area contributed by atoms with Crippen molar-refractivity contribution in [3.8, 4) is 5.75 Å². The van der Waals surface area contributed by atoms with E-state index in [-0.39, 0.29) is 29.7 Å². The van der Waals surface area contributed by atoms with Gasteiger partial charge < -0.3 is 14.4 Å². The van der Waals surface area contributed by atoms with Crippen LogP contribution in [-0.2, 0) is 26.0 Å². The average Bonchev–Trinajstić information content (AvgIpc) is 3.16. The fourth-order valence-corrected chi connectivity index (χ4v) is 5.71. The molecule has 0 aliphatic carbocycles. The predicted octanol–water partition coefficient (Wildman–Crippen LogP) is 3.89. The smallest absolute Gasteiger partial charge is 0.342 e. The molecule has 0 radical (unpaired) electrons. The van der Waals surface area contributed by atoms with Crippen LogP contribution >= 0.6 is 11.6 Å². The molecule has 0 saturated carbocycles. The van der Waals surface area contributed by atoms with Gasteiger partial charge >= 0.3 is 5.97 Å². The molecule has 2 aromatic carbocycles. The van der Waals surface area contributed by atoms with Crippen LogP contribution in [0.15, 0.2) is 48.5 Å². The first-order valence-corrected chi connectivity index (χ1v) is 13.1. The Kier molecular flexibility index (Phi) is 8.37. The molecule has 1 aliphatic heterocycles. The summed E-state index contributed by atoms with van der Waals surface area (Å²) in [5, 5.41) is 0.558. The lowest BCUT2D eigenvalue weighted by Gasteiger charge is -2.33. The summed E-state index contributed by atoms with van der Waals surface area (Å²) in [6, 6.07) is 13.3. The maximum absolute atomic E-state index is 12.9. The van der Waals surface area contributed by atoms with Crippen molar-refractivity contribution in [2.75, 3.05) is 18.1 Å². The Morgan fingerprint density at radius 1 is 1.15 bits per heavy atom. The molecule has 0 spiro atoms. The molecule has 0 N–H and O–H groups in total. The van der Waals surface area contributed by atoms with Gasteiger partial charge in [0.1, 0.15) is 17.9 Å². The standard InChI is InChI=1S/C24H28ClNO6S/c1-3-17(2)26(19-12-13-33(29,30)16-19)23(27)15-32-24(28)20-9-5-7-11-22(20)31-14-18-8-4-6-10-21(18)25/h4-11,17,19H,3,12-16H2,1-2H3/t17-,19+/m0/s1. The monoisotopic (exact) mass is 493 g/mol. The Bertz CT molecular complexity index is 1100. The Balaban J connectivity index is 1.66. The second-order valence-electron chi connectivity index (χ2n) is 8.07. The fourth-order valence-electron chi connectivity index (χ4n) is 3.81. The number of amides is 1. The summed E-state index contributed by atoms with van der Waals surface area (Å²) in [5.41, 5.74) is 0.962. The quantitative estimate of drug-likeness (QED) is 0.492. The molecular formula is C24H28ClNO6S. The molecule has 0 bridgehead atoms. The molecule has 3 rings (SSSR count). The molecule has 1 saturated heterocycles. The molecule has 1 fully saturated rings. The lowest BCUT2D eigenvalue weighted by molar-refractivity contribution is -0.138. The highest BCUT2D eigenvalue weighted by molar-refractivity contribution is 7.91. The van der Waals surface area contributed by atoms with E-state index in [4.69, 9.17) is 21.1 Å². The van der Waals surface area contributed by atoms with Gasteiger partial charge in [-0.25, -0.2) is 13.2 Å². The number of benzene rings is 2. The van der Waals surface area contributed by atoms with Crippen molar-refractivity contribution >= 4 is 33.3 Å². The first-order valence-electron chi connectivity index (χ1n) is 10.9. The number of hydrogen-bond donors (Lipinski definition) is 0. The highest BCUT2D eigenvalue weighted by Crippen LogP contribution is 2.24. The first-order chi connectivity index (χ1) is 15.7. The zero-order chi connectivity index (χ0) is 24.0. The summed E-state index contributed by atoms with van der Waals surface area (Å²) in [4.78, 5) is 27.2. The molecular weight excluding hydrogens is 466 g/mol. The molecule has 7 nitrogen and oxygen atoms in total. The van der Waals surface area contributed by atoms with E-state index in [0.29, 0.717) is 23.6 Å². The Hall–Kier alpha value is -2.58. The van der Waals surface area contributed by atoms with Crippen LogP contribution < -0.4 is 4.74 Å². The highest BCUT2D eigenvalue weighted by atomic mass is 35.5. The van der Waals surface area contributed by atoms with Crippen molar-refractivity contribution in [3.05, 3.63) is 64.7 Å². The van der Waals surface area contributed by atoms with Gasteiger partial charge in [-0.3, -0.25) is 4.79 Å². The first kappa shape index (κ1) is 25.1. The van der Waals surface area contributed by atoms with Gasteiger partial charge in [0.25, 0.3) is 5.91 Å². The number of carbonyl (C=O) groups excluding carboxylic acids is 2. The molecule has 0 unspecified atom stereocenters. The minimum atomic E-state index is -3.16. The van der Waals surface area contributed by atoms with Crippen molar-refractivity contribution in [1.29, 1.82) is 0 Å². The third kappa shape index (κ3) is 6.48. The summed E-state index contributed by atoms with van der Waals surface area (Å²) in [6.07, 6.45) is 1.06. The number of rotatable bonds is 9. The number of esters is 1. The van der Waals surface area contributed by atoms with Gasteiger partial charge in [0.2, 0.25) is 0 Å². The number of hydrogen-bond acceptors (Lipinski definition) is 6. The minimum absolute atomic E-state index is 0.0598. The lowest BCUT2D eigenvalue weighted by Crippen LogP contribution is -2.48. The molecule has 2 aromatic rings. The van der Waals surface area contributed by atoms with Crippen LogP contribution in [0.5, 0.6) is 5.75 Å². The SMILES string of the molecule is CC[C@H](C)N(C(=O)COC(=O)c1ccccc1OCc1ccccc1Cl)[C@@H]1CCS(=O)(=O)C1. The number of halogens is 1. The second kappa shape index (κ2) is 11.0. The van der Waals surface area contributed by atoms with E-state index in [1.165, 1.54) is 0 Å². The zero-order valence-corrected chi connectivity index (χ0v) is 20.3. The largest absolute Gasteiger partial charge is 0.488 e. The third-order valence-corrected chi connectivity index (χ3v) is 7.85. The fraction of sp³-hybridized carbons (Fsp3) is 0.417. The Labute approximate surface area is 199 Å². The highest BCUT2D eigenvalue weighted by Gasteiger charge is 2.36. The van der Waals surface area contributed by atoms with E-state index < -0.39 is 34.4 Å². The van der Waals surface area contributed by atoms with E-state index in [1.54, 1.807) is 35.2 Å². The number of sulfone groups is 1.